The fourth-order valence-corrected chi connectivity index (χ4v) is 8.67. The molecule has 0 bridgehead atoms. The molecule has 2 aromatic heterocycles. The predicted octanol–water partition coefficient (Wildman–Crippen LogP) is 10.7. The first-order valence-electron chi connectivity index (χ1n) is 22.1. The van der Waals surface area contributed by atoms with Crippen molar-refractivity contribution in [3.05, 3.63) is 102 Å². The summed E-state index contributed by atoms with van der Waals surface area (Å²) in [5.41, 5.74) is 8.32. The monoisotopic (exact) mass is 948 g/mol. The molecule has 0 saturated carbocycles. The molecule has 1 fully saturated rings. The number of likely N-dealkylation sites (N-methyl/N-ethyl adjacent to an activating group) is 1. The van der Waals surface area contributed by atoms with Crippen LogP contribution in [0.4, 0.5) is 26.3 Å². The molecule has 0 atom stereocenters. The molecular formula is C50H54F6N6O6. The van der Waals surface area contributed by atoms with E-state index in [0.717, 1.165) is 73.1 Å². The summed E-state index contributed by atoms with van der Waals surface area (Å²) in [7, 11) is 9.71. The Labute approximate surface area is 390 Å². The summed E-state index contributed by atoms with van der Waals surface area (Å²) < 4.78 is 101. The Kier molecular flexibility index (Phi) is 15.2. The lowest BCUT2D eigenvalue weighted by Gasteiger charge is -2.29. The number of rotatable bonds is 14. The molecule has 8 rings (SSSR count). The van der Waals surface area contributed by atoms with Crippen LogP contribution in [0.25, 0.3) is 39.0 Å². The first-order chi connectivity index (χ1) is 32.4. The molecule has 12 nitrogen and oxygen atoms in total. The first-order valence-corrected chi connectivity index (χ1v) is 22.1. The Morgan fingerprint density at radius 1 is 0.618 bits per heavy atom. The number of piperidine rings is 1. The van der Waals surface area contributed by atoms with Crippen LogP contribution in [-0.2, 0) is 0 Å². The number of aromatic nitrogens is 4. The average molecular weight is 949 g/mol. The van der Waals surface area contributed by atoms with E-state index in [2.05, 4.69) is 58.1 Å². The molecule has 0 N–H and O–H groups in total. The molecule has 2 aliphatic rings. The zero-order valence-electron chi connectivity index (χ0n) is 38.8. The number of halogens is 6. The third-order valence-corrected chi connectivity index (χ3v) is 12.5. The normalized spacial score (nSPS) is 15.2. The van der Waals surface area contributed by atoms with Crippen LogP contribution in [-0.4, -0.2) is 122 Å². The Morgan fingerprint density at radius 3 is 1.50 bits per heavy atom. The zero-order chi connectivity index (χ0) is 48.9. The largest absolute Gasteiger partial charge is 0.496 e. The van der Waals surface area contributed by atoms with E-state index in [1.807, 2.05) is 27.3 Å². The van der Waals surface area contributed by atoms with Gasteiger partial charge in [-0.15, -0.1) is 0 Å². The van der Waals surface area contributed by atoms with Crippen molar-refractivity contribution in [3.63, 3.8) is 0 Å². The Hall–Kier alpha value is -6.40. The minimum Gasteiger partial charge on any atom is -0.496 e. The van der Waals surface area contributed by atoms with Crippen molar-refractivity contribution in [2.24, 2.45) is 0 Å². The van der Waals surface area contributed by atoms with Gasteiger partial charge >= 0.3 is 12.4 Å². The van der Waals surface area contributed by atoms with Gasteiger partial charge in [0.1, 0.15) is 46.8 Å². The van der Waals surface area contributed by atoms with Crippen molar-refractivity contribution < 1.29 is 54.9 Å². The number of imidazole rings is 2. The summed E-state index contributed by atoms with van der Waals surface area (Å²) in [5.74, 6) is -0.251. The number of carbonyl (C=O) groups excluding carboxylic acids is 2. The zero-order valence-corrected chi connectivity index (χ0v) is 38.8. The highest BCUT2D eigenvalue weighted by molar-refractivity contribution is 6.02. The number of benzene rings is 4. The molecule has 2 aliphatic heterocycles. The number of hydrogen-bond donors (Lipinski definition) is 0. The van der Waals surface area contributed by atoms with Gasteiger partial charge in [-0.3, -0.25) is 18.7 Å². The molecule has 6 aromatic rings. The first kappa shape index (κ1) is 49.5. The molecule has 0 unspecified atom stereocenters. The minimum absolute atomic E-state index is 0.00101. The average Bonchev–Trinajstić information content (AvgIpc) is 3.96. The number of ketones is 2. The SMILES string of the molecule is COc1cc(-n2cnc3cc(C4=CCN(C)CC4)ccc32)cc(OC)c1C(=O)CCC(F)(F)F.COc1cc(-n2cnc3cc(C4CCN(C)CC4)ccc32)cc(OC)c1C(=O)CCC(F)(F)F. The molecule has 1 saturated heterocycles. The van der Waals surface area contributed by atoms with Crippen LogP contribution in [0.15, 0.2) is 79.4 Å². The number of alkyl halides is 6. The van der Waals surface area contributed by atoms with Crippen molar-refractivity contribution >= 4 is 39.2 Å². The van der Waals surface area contributed by atoms with E-state index in [1.54, 1.807) is 36.9 Å². The topological polar surface area (TPSA) is 113 Å². The van der Waals surface area contributed by atoms with E-state index in [-0.39, 0.29) is 34.1 Å². The predicted molar refractivity (Wildman–Crippen MR) is 247 cm³/mol. The Morgan fingerprint density at radius 2 is 1.07 bits per heavy atom. The molecule has 0 radical (unpaired) electrons. The highest BCUT2D eigenvalue weighted by Gasteiger charge is 2.32. The molecule has 68 heavy (non-hydrogen) atoms. The Bertz CT molecular complexity index is 2760. The van der Waals surface area contributed by atoms with Gasteiger partial charge in [0.25, 0.3) is 0 Å². The molecule has 4 heterocycles. The van der Waals surface area contributed by atoms with Gasteiger partial charge in [-0.2, -0.15) is 26.3 Å². The van der Waals surface area contributed by atoms with Gasteiger partial charge in [-0.1, -0.05) is 18.2 Å². The van der Waals surface area contributed by atoms with Crippen LogP contribution in [0.1, 0.15) is 82.7 Å². The summed E-state index contributed by atoms with van der Waals surface area (Å²) >= 11 is 0. The van der Waals surface area contributed by atoms with Gasteiger partial charge in [0.15, 0.2) is 11.6 Å². The maximum atomic E-state index is 12.6. The summed E-state index contributed by atoms with van der Waals surface area (Å²) in [6.07, 6.45) is -3.84. The molecule has 0 amide bonds. The Balaban J connectivity index is 0.000000201. The van der Waals surface area contributed by atoms with Crippen LogP contribution >= 0.6 is 0 Å². The van der Waals surface area contributed by atoms with E-state index < -0.39 is 49.6 Å². The van der Waals surface area contributed by atoms with Crippen LogP contribution in [0.2, 0.25) is 0 Å². The van der Waals surface area contributed by atoms with Crippen LogP contribution in [0, 0.1) is 0 Å². The third-order valence-electron chi connectivity index (χ3n) is 12.5. The molecule has 0 aliphatic carbocycles. The maximum absolute atomic E-state index is 12.6. The van der Waals surface area contributed by atoms with Crippen LogP contribution < -0.4 is 18.9 Å². The van der Waals surface area contributed by atoms with Crippen molar-refractivity contribution in [2.45, 2.75) is 63.2 Å². The van der Waals surface area contributed by atoms with E-state index >= 15 is 0 Å². The second-order valence-electron chi connectivity index (χ2n) is 17.0. The second-order valence-corrected chi connectivity index (χ2v) is 17.0. The number of nitrogens with zero attached hydrogens (tertiary/aromatic N) is 6. The van der Waals surface area contributed by atoms with Gasteiger partial charge in [0, 0.05) is 50.2 Å². The van der Waals surface area contributed by atoms with Gasteiger partial charge in [0.05, 0.1) is 74.7 Å². The molecule has 18 heteroatoms. The van der Waals surface area contributed by atoms with Gasteiger partial charge in [0.2, 0.25) is 0 Å². The van der Waals surface area contributed by atoms with Gasteiger partial charge < -0.3 is 28.7 Å². The van der Waals surface area contributed by atoms with Crippen LogP contribution in [0.5, 0.6) is 23.0 Å². The van der Waals surface area contributed by atoms with Crippen molar-refractivity contribution in [2.75, 3.05) is 68.7 Å². The van der Waals surface area contributed by atoms with Crippen molar-refractivity contribution in [3.8, 4) is 34.4 Å². The lowest BCUT2D eigenvalue weighted by molar-refractivity contribution is -0.134. The van der Waals surface area contributed by atoms with Gasteiger partial charge in [-0.05, 0) is 93.3 Å². The van der Waals surface area contributed by atoms with E-state index in [9.17, 15) is 35.9 Å². The standard InChI is InChI=1S/C25H28F3N3O3.C25H26F3N3O3/c2*1-30-10-7-16(8-11-30)17-4-5-20-19(12-17)29-15-31(20)18-13-22(33-2)24(23(14-18)34-3)21(32)6-9-25(26,27)28/h4-5,12-16H,6-11H2,1-3H3;4-5,7,12-15H,6,8-11H2,1-3H3. The lowest BCUT2D eigenvalue weighted by Crippen LogP contribution is -2.29. The second kappa shape index (κ2) is 20.9. The van der Waals surface area contributed by atoms with E-state index in [4.69, 9.17) is 18.9 Å². The number of carbonyl (C=O) groups is 2. The highest BCUT2D eigenvalue weighted by atomic mass is 19.4. The van der Waals surface area contributed by atoms with Crippen LogP contribution in [0.3, 0.4) is 0 Å². The fraction of sp³-hybridized carbons (Fsp3) is 0.400. The summed E-state index contributed by atoms with van der Waals surface area (Å²) in [6, 6.07) is 18.8. The molecule has 362 valence electrons. The molecule has 0 spiro atoms. The molecular weight excluding hydrogens is 895 g/mol. The van der Waals surface area contributed by atoms with Crippen molar-refractivity contribution in [1.29, 1.82) is 0 Å². The molecule has 4 aromatic carbocycles. The lowest BCUT2D eigenvalue weighted by atomic mass is 9.89. The minimum atomic E-state index is -4.42. The number of fused-ring (bicyclic) bond motifs is 2. The highest BCUT2D eigenvalue weighted by Crippen LogP contribution is 2.38. The van der Waals surface area contributed by atoms with E-state index in [1.165, 1.54) is 39.6 Å². The number of likely N-dealkylation sites (tertiary alicyclic amines) is 1. The third kappa shape index (κ3) is 11.5. The van der Waals surface area contributed by atoms with E-state index in [0.29, 0.717) is 17.3 Å². The summed E-state index contributed by atoms with van der Waals surface area (Å²) in [6.45, 7) is 4.07. The summed E-state index contributed by atoms with van der Waals surface area (Å²) in [5, 5.41) is 0. The van der Waals surface area contributed by atoms with Crippen molar-refractivity contribution in [1.82, 2.24) is 28.9 Å². The quantitative estimate of drug-likeness (QED) is 0.0772. The fourth-order valence-electron chi connectivity index (χ4n) is 8.67. The number of ether oxygens (including phenoxy) is 4. The summed E-state index contributed by atoms with van der Waals surface area (Å²) in [4.78, 5) is 38.9. The number of Topliss-reactive ketones (excluding diaryl/α,β-unsaturated/α-hetero) is 2. The maximum Gasteiger partial charge on any atom is 0.389 e. The smallest absolute Gasteiger partial charge is 0.389 e. The number of hydrogen-bond acceptors (Lipinski definition) is 10. The van der Waals surface area contributed by atoms with Gasteiger partial charge in [-0.25, -0.2) is 9.97 Å². The number of methoxy groups -OCH3 is 4.